The minimum atomic E-state index is -1.65. The molecular formula is C22H22F3NO4. The van der Waals surface area contributed by atoms with Crippen LogP contribution in [0.5, 0.6) is 11.5 Å². The Morgan fingerprint density at radius 3 is 2.33 bits per heavy atom. The van der Waals surface area contributed by atoms with E-state index >= 15 is 8.78 Å². The normalized spacial score (nSPS) is 17.3. The summed E-state index contributed by atoms with van der Waals surface area (Å²) >= 11 is 0. The highest BCUT2D eigenvalue weighted by Gasteiger charge is 2.36. The van der Waals surface area contributed by atoms with Crippen molar-refractivity contribution in [2.45, 2.75) is 32.0 Å². The van der Waals surface area contributed by atoms with E-state index < -0.39 is 35.1 Å². The third kappa shape index (κ3) is 4.59. The molecule has 0 fully saturated rings. The second-order valence-corrected chi connectivity index (χ2v) is 7.95. The van der Waals surface area contributed by atoms with Gasteiger partial charge in [0.25, 0.3) is 0 Å². The van der Waals surface area contributed by atoms with E-state index in [2.05, 4.69) is 0 Å². The molecule has 0 bridgehead atoms. The number of carboxylic acids is 1. The number of hydrogen-bond donors (Lipinski definition) is 3. The standard InChI is InChI=1S/C22H22F3NO4/c1-22(2,25)11-26-6-5-13-9-17(27)18(28)10-14(13)21(26)20-15(23)7-12(8-16(20)24)3-4-19(29)30/h3-4,7-10,21,27-28H,5-6,11H2,1-2H3,(H,29,30)/b4-3+. The molecule has 0 saturated carbocycles. The van der Waals surface area contributed by atoms with Crippen molar-refractivity contribution >= 4 is 12.0 Å². The first-order valence-electron chi connectivity index (χ1n) is 9.34. The first-order chi connectivity index (χ1) is 14.0. The Labute approximate surface area is 171 Å². The lowest BCUT2D eigenvalue weighted by atomic mass is 9.86. The molecule has 0 amide bonds. The van der Waals surface area contributed by atoms with Crippen LogP contribution in [0.15, 0.2) is 30.3 Å². The van der Waals surface area contributed by atoms with Gasteiger partial charge in [-0.25, -0.2) is 18.0 Å². The molecule has 1 aliphatic rings. The topological polar surface area (TPSA) is 81.0 Å². The maximum atomic E-state index is 15.0. The quantitative estimate of drug-likeness (QED) is 0.499. The van der Waals surface area contributed by atoms with Crippen molar-refractivity contribution in [2.75, 3.05) is 13.1 Å². The van der Waals surface area contributed by atoms with Crippen molar-refractivity contribution in [1.29, 1.82) is 0 Å². The predicted molar refractivity (Wildman–Crippen MR) is 105 cm³/mol. The van der Waals surface area contributed by atoms with Crippen LogP contribution in [0.4, 0.5) is 13.2 Å². The number of phenolic OH excluding ortho intramolecular Hbond substituents is 2. The second-order valence-electron chi connectivity index (χ2n) is 7.95. The Morgan fingerprint density at radius 2 is 1.77 bits per heavy atom. The maximum absolute atomic E-state index is 15.0. The molecule has 2 aromatic rings. The van der Waals surface area contributed by atoms with Gasteiger partial charge < -0.3 is 15.3 Å². The smallest absolute Gasteiger partial charge is 0.328 e. The van der Waals surface area contributed by atoms with Crippen LogP contribution in [0.25, 0.3) is 6.08 Å². The van der Waals surface area contributed by atoms with E-state index in [1.165, 1.54) is 26.0 Å². The van der Waals surface area contributed by atoms with Crippen LogP contribution in [0.2, 0.25) is 0 Å². The van der Waals surface area contributed by atoms with E-state index in [1.54, 1.807) is 4.90 Å². The largest absolute Gasteiger partial charge is 0.504 e. The number of rotatable bonds is 5. The summed E-state index contributed by atoms with van der Waals surface area (Å²) in [5, 5.41) is 28.5. The summed E-state index contributed by atoms with van der Waals surface area (Å²) in [6, 6.07) is 3.56. The fraction of sp³-hybridized carbons (Fsp3) is 0.318. The van der Waals surface area contributed by atoms with E-state index in [9.17, 15) is 19.4 Å². The number of benzene rings is 2. The van der Waals surface area contributed by atoms with Gasteiger partial charge >= 0.3 is 5.97 Å². The first-order valence-corrected chi connectivity index (χ1v) is 9.34. The SMILES string of the molecule is CC(C)(F)CN1CCc2cc(O)c(O)cc2C1c1c(F)cc(/C=C/C(=O)O)cc1F. The predicted octanol–water partition coefficient (Wildman–Crippen LogP) is 4.17. The van der Waals surface area contributed by atoms with Crippen LogP contribution < -0.4 is 0 Å². The zero-order valence-corrected chi connectivity index (χ0v) is 16.5. The van der Waals surface area contributed by atoms with Crippen molar-refractivity contribution in [2.24, 2.45) is 0 Å². The molecule has 2 aromatic carbocycles. The van der Waals surface area contributed by atoms with Crippen molar-refractivity contribution < 1.29 is 33.3 Å². The number of fused-ring (bicyclic) bond motifs is 1. The lowest BCUT2D eigenvalue weighted by Crippen LogP contribution is -2.43. The number of nitrogens with zero attached hydrogens (tertiary/aromatic N) is 1. The van der Waals surface area contributed by atoms with Gasteiger partial charge in [-0.05, 0) is 67.3 Å². The molecule has 0 saturated heterocycles. The Bertz CT molecular complexity index is 991. The van der Waals surface area contributed by atoms with Gasteiger partial charge in [0.05, 0.1) is 6.04 Å². The molecule has 0 radical (unpaired) electrons. The molecule has 0 aromatic heterocycles. The number of aliphatic carboxylic acids is 1. The molecular weight excluding hydrogens is 399 g/mol. The van der Waals surface area contributed by atoms with E-state index in [4.69, 9.17) is 5.11 Å². The van der Waals surface area contributed by atoms with Gasteiger partial charge in [-0.3, -0.25) is 4.90 Å². The average Bonchev–Trinajstić information content (AvgIpc) is 2.61. The first kappa shape index (κ1) is 21.7. The molecule has 8 heteroatoms. The molecule has 1 aliphatic heterocycles. The highest BCUT2D eigenvalue weighted by Crippen LogP contribution is 2.42. The van der Waals surface area contributed by atoms with Gasteiger partial charge in [0, 0.05) is 24.7 Å². The lowest BCUT2D eigenvalue weighted by molar-refractivity contribution is -0.131. The zero-order chi connectivity index (χ0) is 22.2. The molecule has 5 nitrogen and oxygen atoms in total. The Morgan fingerprint density at radius 1 is 1.17 bits per heavy atom. The highest BCUT2D eigenvalue weighted by molar-refractivity contribution is 5.85. The van der Waals surface area contributed by atoms with Gasteiger partial charge in [0.15, 0.2) is 11.5 Å². The van der Waals surface area contributed by atoms with E-state index in [0.717, 1.165) is 24.3 Å². The molecule has 160 valence electrons. The summed E-state index contributed by atoms with van der Waals surface area (Å²) in [4.78, 5) is 12.3. The van der Waals surface area contributed by atoms with E-state index in [1.807, 2.05) is 0 Å². The van der Waals surface area contributed by atoms with Crippen LogP contribution in [0, 0.1) is 11.6 Å². The Hall–Kier alpha value is -3.00. The summed E-state index contributed by atoms with van der Waals surface area (Å²) in [5.41, 5.74) is -0.994. The summed E-state index contributed by atoms with van der Waals surface area (Å²) in [5.74, 6) is -3.89. The average molecular weight is 421 g/mol. The number of carboxylic acid groups (broad SMARTS) is 1. The number of halogens is 3. The van der Waals surface area contributed by atoms with E-state index in [0.29, 0.717) is 17.5 Å². The molecule has 3 rings (SSSR count). The van der Waals surface area contributed by atoms with Crippen LogP contribution in [-0.4, -0.2) is 44.9 Å². The number of aromatic hydroxyl groups is 2. The number of hydrogen-bond acceptors (Lipinski definition) is 4. The third-order valence-electron chi connectivity index (χ3n) is 4.94. The molecule has 1 heterocycles. The highest BCUT2D eigenvalue weighted by atomic mass is 19.1. The van der Waals surface area contributed by atoms with Crippen molar-refractivity contribution in [3.8, 4) is 11.5 Å². The summed E-state index contributed by atoms with van der Waals surface area (Å²) in [7, 11) is 0. The fourth-order valence-corrected chi connectivity index (χ4v) is 3.82. The minimum absolute atomic E-state index is 0.0260. The maximum Gasteiger partial charge on any atom is 0.328 e. The van der Waals surface area contributed by atoms with Crippen molar-refractivity contribution in [3.05, 3.63) is 64.2 Å². The van der Waals surface area contributed by atoms with Crippen LogP contribution in [-0.2, 0) is 11.2 Å². The lowest BCUT2D eigenvalue weighted by Gasteiger charge is -2.40. The number of alkyl halides is 1. The molecule has 1 unspecified atom stereocenters. The third-order valence-corrected chi connectivity index (χ3v) is 4.94. The monoisotopic (exact) mass is 421 g/mol. The summed E-state index contributed by atoms with van der Waals surface area (Å²) in [6.45, 7) is 2.90. The number of carbonyl (C=O) groups is 1. The van der Waals surface area contributed by atoms with Gasteiger partial charge in [0.1, 0.15) is 17.3 Å². The van der Waals surface area contributed by atoms with Gasteiger partial charge in [-0.1, -0.05) is 0 Å². The van der Waals surface area contributed by atoms with Crippen molar-refractivity contribution in [1.82, 2.24) is 4.90 Å². The molecule has 1 atom stereocenters. The Balaban J connectivity index is 2.16. The fourth-order valence-electron chi connectivity index (χ4n) is 3.82. The molecule has 0 spiro atoms. The molecule has 3 N–H and O–H groups in total. The van der Waals surface area contributed by atoms with E-state index in [-0.39, 0.29) is 30.0 Å². The van der Waals surface area contributed by atoms with Crippen molar-refractivity contribution in [3.63, 3.8) is 0 Å². The molecule has 0 aliphatic carbocycles. The number of phenols is 2. The minimum Gasteiger partial charge on any atom is -0.504 e. The summed E-state index contributed by atoms with van der Waals surface area (Å²) < 4.78 is 44.5. The Kier molecular flexibility index (Phi) is 5.81. The van der Waals surface area contributed by atoms with Crippen LogP contribution in [0.1, 0.15) is 42.1 Å². The van der Waals surface area contributed by atoms with Gasteiger partial charge in [-0.2, -0.15) is 0 Å². The van der Waals surface area contributed by atoms with Crippen LogP contribution in [0.3, 0.4) is 0 Å². The van der Waals surface area contributed by atoms with Gasteiger partial charge in [0.2, 0.25) is 0 Å². The second kappa shape index (κ2) is 8.02. The summed E-state index contributed by atoms with van der Waals surface area (Å²) in [6.07, 6.45) is 2.24. The van der Waals surface area contributed by atoms with Crippen LogP contribution >= 0.6 is 0 Å². The van der Waals surface area contributed by atoms with Gasteiger partial charge in [-0.15, -0.1) is 0 Å². The molecule has 30 heavy (non-hydrogen) atoms. The zero-order valence-electron chi connectivity index (χ0n) is 16.5.